The molecule has 2 aromatic rings. The summed E-state index contributed by atoms with van der Waals surface area (Å²) in [5.74, 6) is 0.715. The summed E-state index contributed by atoms with van der Waals surface area (Å²) in [7, 11) is 3.36. The lowest BCUT2D eigenvalue weighted by molar-refractivity contribution is 0.221. The number of thiophene rings is 1. The third-order valence-corrected chi connectivity index (χ3v) is 4.26. The van der Waals surface area contributed by atoms with Crippen LogP contribution in [0.2, 0.25) is 0 Å². The van der Waals surface area contributed by atoms with E-state index >= 15 is 0 Å². The van der Waals surface area contributed by atoms with Crippen molar-refractivity contribution in [2.24, 2.45) is 0 Å². The van der Waals surface area contributed by atoms with E-state index in [1.54, 1.807) is 36.5 Å². The Morgan fingerprint density at radius 3 is 2.90 bits per heavy atom. The van der Waals surface area contributed by atoms with Gasteiger partial charge in [-0.25, -0.2) is 4.79 Å². The summed E-state index contributed by atoms with van der Waals surface area (Å²) in [6, 6.07) is 9.15. The van der Waals surface area contributed by atoms with E-state index in [1.807, 2.05) is 29.6 Å². The highest BCUT2D eigenvalue weighted by Crippen LogP contribution is 2.22. The number of halogens is 1. The molecular weight excluding hydrogens is 340 g/mol. The minimum Gasteiger partial charge on any atom is -0.497 e. The second-order valence-corrected chi connectivity index (χ2v) is 6.57. The van der Waals surface area contributed by atoms with Gasteiger partial charge in [-0.1, -0.05) is 6.07 Å². The molecule has 1 N–H and O–H groups in total. The first-order valence-electron chi connectivity index (χ1n) is 5.97. The Labute approximate surface area is 130 Å². The van der Waals surface area contributed by atoms with Gasteiger partial charge in [-0.05, 0) is 45.1 Å². The van der Waals surface area contributed by atoms with E-state index < -0.39 is 0 Å². The van der Waals surface area contributed by atoms with Crippen LogP contribution in [0.25, 0.3) is 0 Å². The molecule has 0 spiro atoms. The Bertz CT molecular complexity index is 600. The van der Waals surface area contributed by atoms with E-state index in [4.69, 9.17) is 4.74 Å². The summed E-state index contributed by atoms with van der Waals surface area (Å²) in [6.45, 7) is 0.567. The molecule has 0 unspecified atom stereocenters. The Morgan fingerprint density at radius 1 is 1.45 bits per heavy atom. The standard InChI is InChI=1S/C14H15BrN2O2S/c1-17(8-10-6-13(15)20-9-10)14(18)16-11-4-3-5-12(7-11)19-2/h3-7,9H,8H2,1-2H3,(H,16,18). The molecule has 1 heterocycles. The number of methoxy groups -OCH3 is 1. The van der Waals surface area contributed by atoms with Crippen LogP contribution in [0, 0.1) is 0 Å². The number of rotatable bonds is 4. The van der Waals surface area contributed by atoms with Crippen LogP contribution in [0.3, 0.4) is 0 Å². The number of benzene rings is 1. The number of amides is 2. The number of hydrogen-bond acceptors (Lipinski definition) is 3. The number of ether oxygens (including phenoxy) is 1. The van der Waals surface area contributed by atoms with Gasteiger partial charge in [0.2, 0.25) is 0 Å². The van der Waals surface area contributed by atoms with Gasteiger partial charge in [-0.15, -0.1) is 11.3 Å². The molecule has 0 radical (unpaired) electrons. The largest absolute Gasteiger partial charge is 0.497 e. The lowest BCUT2D eigenvalue weighted by atomic mass is 10.3. The van der Waals surface area contributed by atoms with Crippen LogP contribution in [0.15, 0.2) is 39.5 Å². The third kappa shape index (κ3) is 3.98. The van der Waals surface area contributed by atoms with Crippen LogP contribution in [0.1, 0.15) is 5.56 Å². The Balaban J connectivity index is 1.96. The average molecular weight is 355 g/mol. The molecule has 2 rings (SSSR count). The lowest BCUT2D eigenvalue weighted by Crippen LogP contribution is -2.30. The molecule has 1 aromatic carbocycles. The molecule has 1 aromatic heterocycles. The number of urea groups is 1. The van der Waals surface area contributed by atoms with E-state index in [0.717, 1.165) is 9.35 Å². The van der Waals surface area contributed by atoms with Crippen LogP contribution in [0.4, 0.5) is 10.5 Å². The first-order chi connectivity index (χ1) is 9.58. The summed E-state index contributed by atoms with van der Waals surface area (Å²) < 4.78 is 6.19. The van der Waals surface area contributed by atoms with Crippen LogP contribution in [-0.2, 0) is 6.54 Å². The molecule has 106 valence electrons. The highest BCUT2D eigenvalue weighted by atomic mass is 79.9. The normalized spacial score (nSPS) is 10.2. The zero-order chi connectivity index (χ0) is 14.5. The molecule has 20 heavy (non-hydrogen) atoms. The Hall–Kier alpha value is -1.53. The SMILES string of the molecule is COc1cccc(NC(=O)N(C)Cc2csc(Br)c2)c1. The number of hydrogen-bond donors (Lipinski definition) is 1. The van der Waals surface area contributed by atoms with Crippen LogP contribution >= 0.6 is 27.3 Å². The second-order valence-electron chi connectivity index (χ2n) is 4.28. The molecule has 0 atom stereocenters. The number of carbonyl (C=O) groups excluding carboxylic acids is 1. The van der Waals surface area contributed by atoms with Gasteiger partial charge in [0.15, 0.2) is 0 Å². The van der Waals surface area contributed by atoms with Crippen molar-refractivity contribution in [3.63, 3.8) is 0 Å². The zero-order valence-electron chi connectivity index (χ0n) is 11.2. The maximum absolute atomic E-state index is 12.1. The van der Waals surface area contributed by atoms with Crippen molar-refractivity contribution < 1.29 is 9.53 Å². The van der Waals surface area contributed by atoms with E-state index in [-0.39, 0.29) is 6.03 Å². The molecule has 0 aliphatic heterocycles. The van der Waals surface area contributed by atoms with E-state index in [2.05, 4.69) is 21.2 Å². The fourth-order valence-electron chi connectivity index (χ4n) is 1.69. The number of anilines is 1. The van der Waals surface area contributed by atoms with Gasteiger partial charge >= 0.3 is 6.03 Å². The van der Waals surface area contributed by atoms with Gasteiger partial charge in [0.05, 0.1) is 10.9 Å². The van der Waals surface area contributed by atoms with Crippen LogP contribution < -0.4 is 10.1 Å². The van der Waals surface area contributed by atoms with Crippen LogP contribution in [0.5, 0.6) is 5.75 Å². The van der Waals surface area contributed by atoms with Crippen molar-refractivity contribution >= 4 is 39.0 Å². The van der Waals surface area contributed by atoms with Gasteiger partial charge in [-0.2, -0.15) is 0 Å². The van der Waals surface area contributed by atoms with Gasteiger partial charge in [0.1, 0.15) is 5.75 Å². The van der Waals surface area contributed by atoms with Gasteiger partial charge < -0.3 is 15.0 Å². The first kappa shape index (κ1) is 14.9. The monoisotopic (exact) mass is 354 g/mol. The zero-order valence-corrected chi connectivity index (χ0v) is 13.6. The molecule has 0 aliphatic carbocycles. The van der Waals surface area contributed by atoms with Gasteiger partial charge in [-0.3, -0.25) is 0 Å². The van der Waals surface area contributed by atoms with Crippen molar-refractivity contribution in [3.8, 4) is 5.75 Å². The minimum absolute atomic E-state index is 0.152. The molecule has 0 fully saturated rings. The lowest BCUT2D eigenvalue weighted by Gasteiger charge is -2.17. The maximum Gasteiger partial charge on any atom is 0.321 e. The molecule has 0 saturated heterocycles. The van der Waals surface area contributed by atoms with Crippen molar-refractivity contribution in [1.82, 2.24) is 4.90 Å². The fourth-order valence-corrected chi connectivity index (χ4v) is 2.89. The molecule has 0 saturated carbocycles. The summed E-state index contributed by atoms with van der Waals surface area (Å²) in [4.78, 5) is 13.7. The van der Waals surface area contributed by atoms with Gasteiger partial charge in [0, 0.05) is 25.3 Å². The third-order valence-electron chi connectivity index (χ3n) is 2.71. The van der Waals surface area contributed by atoms with Crippen molar-refractivity contribution in [3.05, 3.63) is 45.1 Å². The van der Waals surface area contributed by atoms with Crippen molar-refractivity contribution in [2.45, 2.75) is 6.54 Å². The summed E-state index contributed by atoms with van der Waals surface area (Å²) >= 11 is 5.02. The first-order valence-corrected chi connectivity index (χ1v) is 7.65. The fraction of sp³-hybridized carbons (Fsp3) is 0.214. The molecule has 6 heteroatoms. The molecule has 4 nitrogen and oxygen atoms in total. The molecule has 0 bridgehead atoms. The highest BCUT2D eigenvalue weighted by molar-refractivity contribution is 9.11. The van der Waals surface area contributed by atoms with Crippen LogP contribution in [-0.4, -0.2) is 25.1 Å². The number of nitrogens with zero attached hydrogens (tertiary/aromatic N) is 1. The predicted octanol–water partition coefficient (Wildman–Crippen LogP) is 4.18. The quantitative estimate of drug-likeness (QED) is 0.894. The van der Waals surface area contributed by atoms with E-state index in [9.17, 15) is 4.79 Å². The smallest absolute Gasteiger partial charge is 0.321 e. The van der Waals surface area contributed by atoms with E-state index in [1.165, 1.54) is 0 Å². The van der Waals surface area contributed by atoms with Gasteiger partial charge in [0.25, 0.3) is 0 Å². The Morgan fingerprint density at radius 2 is 2.25 bits per heavy atom. The number of carbonyl (C=O) groups is 1. The molecule has 2 amide bonds. The van der Waals surface area contributed by atoms with Crippen molar-refractivity contribution in [2.75, 3.05) is 19.5 Å². The molecule has 0 aliphatic rings. The summed E-state index contributed by atoms with van der Waals surface area (Å²) in [6.07, 6.45) is 0. The maximum atomic E-state index is 12.1. The molecular formula is C14H15BrN2O2S. The second kappa shape index (κ2) is 6.76. The highest BCUT2D eigenvalue weighted by Gasteiger charge is 2.10. The summed E-state index contributed by atoms with van der Waals surface area (Å²) in [5, 5.41) is 4.87. The minimum atomic E-state index is -0.152. The predicted molar refractivity (Wildman–Crippen MR) is 85.5 cm³/mol. The van der Waals surface area contributed by atoms with E-state index in [0.29, 0.717) is 18.0 Å². The number of nitrogens with one attached hydrogen (secondary N) is 1. The van der Waals surface area contributed by atoms with Crippen molar-refractivity contribution in [1.29, 1.82) is 0 Å². The Kier molecular flexibility index (Phi) is 5.03. The average Bonchev–Trinajstić information content (AvgIpc) is 2.84. The topological polar surface area (TPSA) is 41.6 Å². The summed E-state index contributed by atoms with van der Waals surface area (Å²) in [5.41, 5.74) is 1.82.